The van der Waals surface area contributed by atoms with Crippen LogP contribution >= 0.6 is 0 Å². The van der Waals surface area contributed by atoms with Crippen LogP contribution in [-0.4, -0.2) is 39.3 Å². The van der Waals surface area contributed by atoms with Gasteiger partial charge in [0.2, 0.25) is 11.8 Å². The summed E-state index contributed by atoms with van der Waals surface area (Å²) in [5.41, 5.74) is 0. The topological polar surface area (TPSA) is 78.1 Å². The number of nitrogens with one attached hydrogen (secondary N) is 2. The molecule has 0 aliphatic carbocycles. The van der Waals surface area contributed by atoms with E-state index in [4.69, 9.17) is 0 Å². The van der Waals surface area contributed by atoms with E-state index in [-0.39, 0.29) is 24.3 Å². The molecule has 2 unspecified atom stereocenters. The van der Waals surface area contributed by atoms with Gasteiger partial charge in [-0.2, -0.15) is 0 Å². The summed E-state index contributed by atoms with van der Waals surface area (Å²) in [6.45, 7) is 4.37. The predicted octanol–water partition coefficient (Wildman–Crippen LogP) is 0.598. The molecule has 2 atom stereocenters. The second-order valence-corrected chi connectivity index (χ2v) is 4.50. The standard InChI is InChI=1S/C12H18N4O2/c1-3-6-16-10(17)7-9(12(16)18)15-8(2)11-13-4-5-14-11/h4-5,8-9,15H,3,6-7H2,1-2H3,(H,13,14). The number of amides is 2. The van der Waals surface area contributed by atoms with Crippen LogP contribution in [0.2, 0.25) is 0 Å². The van der Waals surface area contributed by atoms with Gasteiger partial charge < -0.3 is 4.98 Å². The van der Waals surface area contributed by atoms with Gasteiger partial charge in [-0.1, -0.05) is 6.92 Å². The molecule has 0 spiro atoms. The zero-order valence-corrected chi connectivity index (χ0v) is 10.6. The zero-order chi connectivity index (χ0) is 13.1. The van der Waals surface area contributed by atoms with Crippen LogP contribution in [0.1, 0.15) is 38.6 Å². The Kier molecular flexibility index (Phi) is 3.76. The monoisotopic (exact) mass is 250 g/mol. The summed E-state index contributed by atoms with van der Waals surface area (Å²) < 4.78 is 0. The van der Waals surface area contributed by atoms with E-state index < -0.39 is 6.04 Å². The van der Waals surface area contributed by atoms with Gasteiger partial charge in [-0.15, -0.1) is 0 Å². The first-order valence-corrected chi connectivity index (χ1v) is 6.23. The minimum Gasteiger partial charge on any atom is -0.347 e. The molecule has 0 bridgehead atoms. The van der Waals surface area contributed by atoms with Gasteiger partial charge in [0.1, 0.15) is 5.82 Å². The second kappa shape index (κ2) is 5.30. The summed E-state index contributed by atoms with van der Waals surface area (Å²) in [5, 5.41) is 3.14. The number of hydrogen-bond acceptors (Lipinski definition) is 4. The summed E-state index contributed by atoms with van der Waals surface area (Å²) in [6, 6.07) is -0.507. The van der Waals surface area contributed by atoms with E-state index in [1.54, 1.807) is 12.4 Å². The van der Waals surface area contributed by atoms with Crippen LogP contribution in [0.15, 0.2) is 12.4 Å². The Morgan fingerprint density at radius 1 is 1.61 bits per heavy atom. The fraction of sp³-hybridized carbons (Fsp3) is 0.583. The highest BCUT2D eigenvalue weighted by atomic mass is 16.2. The maximum absolute atomic E-state index is 12.0. The molecule has 2 N–H and O–H groups in total. The maximum Gasteiger partial charge on any atom is 0.246 e. The van der Waals surface area contributed by atoms with Gasteiger partial charge >= 0.3 is 0 Å². The lowest BCUT2D eigenvalue weighted by Crippen LogP contribution is -2.40. The van der Waals surface area contributed by atoms with Gasteiger partial charge in [-0.3, -0.25) is 19.8 Å². The van der Waals surface area contributed by atoms with E-state index in [0.717, 1.165) is 12.2 Å². The van der Waals surface area contributed by atoms with E-state index in [2.05, 4.69) is 15.3 Å². The number of hydrogen-bond donors (Lipinski definition) is 2. The first kappa shape index (κ1) is 12.8. The molecular formula is C12H18N4O2. The molecule has 2 amide bonds. The number of carbonyl (C=O) groups is 2. The Labute approximate surface area is 106 Å². The van der Waals surface area contributed by atoms with Crippen LogP contribution < -0.4 is 5.32 Å². The zero-order valence-electron chi connectivity index (χ0n) is 10.6. The smallest absolute Gasteiger partial charge is 0.246 e. The molecule has 1 aliphatic rings. The molecule has 2 heterocycles. The van der Waals surface area contributed by atoms with E-state index in [9.17, 15) is 9.59 Å². The third-order valence-corrected chi connectivity index (χ3v) is 3.07. The summed E-state index contributed by atoms with van der Waals surface area (Å²) in [5.74, 6) is 0.551. The minimum absolute atomic E-state index is 0.0803. The summed E-state index contributed by atoms with van der Waals surface area (Å²) >= 11 is 0. The van der Waals surface area contributed by atoms with Gasteiger partial charge in [0.25, 0.3) is 0 Å². The summed E-state index contributed by atoms with van der Waals surface area (Å²) in [4.78, 5) is 32.2. The molecule has 6 nitrogen and oxygen atoms in total. The van der Waals surface area contributed by atoms with Crippen molar-refractivity contribution in [2.24, 2.45) is 0 Å². The summed E-state index contributed by atoms with van der Waals surface area (Å²) in [7, 11) is 0. The molecule has 2 rings (SSSR count). The van der Waals surface area contributed by atoms with Crippen LogP contribution in [0.4, 0.5) is 0 Å². The van der Waals surface area contributed by atoms with Crippen molar-refractivity contribution in [2.45, 2.75) is 38.8 Å². The first-order chi connectivity index (χ1) is 8.63. The van der Waals surface area contributed by atoms with Crippen molar-refractivity contribution in [1.29, 1.82) is 0 Å². The van der Waals surface area contributed by atoms with Crippen LogP contribution in [0.3, 0.4) is 0 Å². The molecule has 1 fully saturated rings. The Morgan fingerprint density at radius 3 is 3.00 bits per heavy atom. The van der Waals surface area contributed by atoms with Crippen molar-refractivity contribution < 1.29 is 9.59 Å². The number of nitrogens with zero attached hydrogens (tertiary/aromatic N) is 2. The predicted molar refractivity (Wildman–Crippen MR) is 65.6 cm³/mol. The summed E-state index contributed by atoms with van der Waals surface area (Å²) in [6.07, 6.45) is 4.43. The molecule has 0 aromatic carbocycles. The van der Waals surface area contributed by atoms with E-state index >= 15 is 0 Å². The number of rotatable bonds is 5. The number of aromatic nitrogens is 2. The maximum atomic E-state index is 12.0. The largest absolute Gasteiger partial charge is 0.347 e. The normalized spacial score (nSPS) is 21.7. The van der Waals surface area contributed by atoms with Crippen molar-refractivity contribution in [1.82, 2.24) is 20.2 Å². The number of carbonyl (C=O) groups excluding carboxylic acids is 2. The molecule has 1 saturated heterocycles. The fourth-order valence-electron chi connectivity index (χ4n) is 2.17. The molecule has 0 radical (unpaired) electrons. The lowest BCUT2D eigenvalue weighted by atomic mass is 10.2. The highest BCUT2D eigenvalue weighted by Crippen LogP contribution is 2.17. The van der Waals surface area contributed by atoms with Crippen molar-refractivity contribution in [3.63, 3.8) is 0 Å². The Morgan fingerprint density at radius 2 is 2.39 bits per heavy atom. The van der Waals surface area contributed by atoms with Gasteiger partial charge in [0, 0.05) is 18.9 Å². The third-order valence-electron chi connectivity index (χ3n) is 3.07. The number of aromatic amines is 1. The number of imide groups is 1. The highest BCUT2D eigenvalue weighted by Gasteiger charge is 2.38. The highest BCUT2D eigenvalue weighted by molar-refractivity contribution is 6.05. The molecule has 1 aliphatic heterocycles. The van der Waals surface area contributed by atoms with Crippen LogP contribution in [0.25, 0.3) is 0 Å². The Balaban J connectivity index is 1.99. The first-order valence-electron chi connectivity index (χ1n) is 6.23. The number of imidazole rings is 1. The molecule has 6 heteroatoms. The van der Waals surface area contributed by atoms with Crippen molar-refractivity contribution in [3.8, 4) is 0 Å². The SMILES string of the molecule is CCCN1C(=O)CC(NC(C)c2ncc[nH]2)C1=O. The molecule has 1 aromatic rings. The molecule has 18 heavy (non-hydrogen) atoms. The second-order valence-electron chi connectivity index (χ2n) is 4.50. The quantitative estimate of drug-likeness (QED) is 0.750. The third kappa shape index (κ3) is 2.43. The van der Waals surface area contributed by atoms with Crippen LogP contribution in [-0.2, 0) is 9.59 Å². The minimum atomic E-state index is -0.427. The average molecular weight is 250 g/mol. The van der Waals surface area contributed by atoms with Gasteiger partial charge in [-0.05, 0) is 13.3 Å². The molecule has 0 saturated carbocycles. The van der Waals surface area contributed by atoms with E-state index in [1.807, 2.05) is 13.8 Å². The van der Waals surface area contributed by atoms with E-state index in [1.165, 1.54) is 4.90 Å². The number of likely N-dealkylation sites (tertiary alicyclic amines) is 1. The fourth-order valence-corrected chi connectivity index (χ4v) is 2.17. The Bertz CT molecular complexity index is 429. The average Bonchev–Trinajstić information content (AvgIpc) is 2.94. The van der Waals surface area contributed by atoms with Gasteiger partial charge in [0.05, 0.1) is 18.5 Å². The van der Waals surface area contributed by atoms with Crippen molar-refractivity contribution >= 4 is 11.8 Å². The Hall–Kier alpha value is -1.69. The van der Waals surface area contributed by atoms with Gasteiger partial charge in [0.15, 0.2) is 0 Å². The van der Waals surface area contributed by atoms with Crippen molar-refractivity contribution in [3.05, 3.63) is 18.2 Å². The van der Waals surface area contributed by atoms with E-state index in [0.29, 0.717) is 6.54 Å². The van der Waals surface area contributed by atoms with Gasteiger partial charge in [-0.25, -0.2) is 4.98 Å². The lowest BCUT2D eigenvalue weighted by Gasteiger charge is -2.17. The van der Waals surface area contributed by atoms with Crippen LogP contribution in [0, 0.1) is 0 Å². The van der Waals surface area contributed by atoms with Crippen molar-refractivity contribution in [2.75, 3.05) is 6.54 Å². The molecule has 1 aromatic heterocycles. The number of H-pyrrole nitrogens is 1. The molecular weight excluding hydrogens is 232 g/mol. The lowest BCUT2D eigenvalue weighted by molar-refractivity contribution is -0.138. The van der Waals surface area contributed by atoms with Crippen LogP contribution in [0.5, 0.6) is 0 Å². The molecule has 98 valence electrons.